The lowest BCUT2D eigenvalue weighted by molar-refractivity contribution is 0.590. The minimum absolute atomic E-state index is 0.209. The quantitative estimate of drug-likeness (QED) is 0.728. The summed E-state index contributed by atoms with van der Waals surface area (Å²) in [7, 11) is 2.05. The molecule has 17 heavy (non-hydrogen) atoms. The molecule has 0 fully saturated rings. The topological polar surface area (TPSA) is 17.8 Å². The predicted molar refractivity (Wildman–Crippen MR) is 72.1 cm³/mol. The number of nitrogens with zero attached hydrogens (tertiary/aromatic N) is 2. The normalized spacial score (nSPS) is 11.8. The van der Waals surface area contributed by atoms with Crippen molar-refractivity contribution >= 4 is 0 Å². The summed E-state index contributed by atoms with van der Waals surface area (Å²) in [4.78, 5) is 4.33. The molecular weight excluding hydrogens is 208 g/mol. The molecule has 0 aliphatic heterocycles. The molecular formula is C15H20N2. The standard InChI is InChI=1S/C15H20N2/c1-11-16-10-14(17(11)5)12-6-8-13(9-7-12)15(2,3)4/h6-10H,1-5H3. The largest absolute Gasteiger partial charge is 0.331 e. The van der Waals surface area contributed by atoms with Crippen molar-refractivity contribution in [3.63, 3.8) is 0 Å². The maximum atomic E-state index is 4.33. The summed E-state index contributed by atoms with van der Waals surface area (Å²) in [5.41, 5.74) is 3.96. The Balaban J connectivity index is 2.40. The molecule has 2 aromatic rings. The van der Waals surface area contributed by atoms with Gasteiger partial charge in [0.25, 0.3) is 0 Å². The van der Waals surface area contributed by atoms with Gasteiger partial charge in [0.15, 0.2) is 0 Å². The van der Waals surface area contributed by atoms with Crippen molar-refractivity contribution in [1.82, 2.24) is 9.55 Å². The van der Waals surface area contributed by atoms with Gasteiger partial charge in [-0.3, -0.25) is 0 Å². The van der Waals surface area contributed by atoms with Crippen molar-refractivity contribution in [2.45, 2.75) is 33.1 Å². The van der Waals surface area contributed by atoms with Gasteiger partial charge in [-0.05, 0) is 23.5 Å². The van der Waals surface area contributed by atoms with E-state index in [9.17, 15) is 0 Å². The Morgan fingerprint density at radius 3 is 2.06 bits per heavy atom. The Kier molecular flexibility index (Phi) is 2.82. The van der Waals surface area contributed by atoms with Crippen molar-refractivity contribution < 1.29 is 0 Å². The minimum Gasteiger partial charge on any atom is -0.331 e. The van der Waals surface area contributed by atoms with Crippen molar-refractivity contribution in [3.05, 3.63) is 41.9 Å². The van der Waals surface area contributed by atoms with Crippen molar-refractivity contribution in [3.8, 4) is 11.3 Å². The fourth-order valence-corrected chi connectivity index (χ4v) is 1.91. The molecule has 90 valence electrons. The summed E-state index contributed by atoms with van der Waals surface area (Å²) >= 11 is 0. The Morgan fingerprint density at radius 1 is 1.06 bits per heavy atom. The molecule has 0 amide bonds. The van der Waals surface area contributed by atoms with Gasteiger partial charge >= 0.3 is 0 Å². The van der Waals surface area contributed by atoms with E-state index in [2.05, 4.69) is 61.6 Å². The molecule has 1 heterocycles. The summed E-state index contributed by atoms with van der Waals surface area (Å²) in [6.45, 7) is 8.72. The average Bonchev–Trinajstić information content (AvgIpc) is 2.59. The summed E-state index contributed by atoms with van der Waals surface area (Å²) in [6, 6.07) is 8.77. The van der Waals surface area contributed by atoms with E-state index in [4.69, 9.17) is 0 Å². The lowest BCUT2D eigenvalue weighted by Gasteiger charge is -2.19. The number of hydrogen-bond acceptors (Lipinski definition) is 1. The Labute approximate surface area is 103 Å². The third-order valence-corrected chi connectivity index (χ3v) is 3.27. The highest BCUT2D eigenvalue weighted by molar-refractivity contribution is 5.60. The minimum atomic E-state index is 0.209. The molecule has 1 aromatic carbocycles. The fraction of sp³-hybridized carbons (Fsp3) is 0.400. The molecule has 0 saturated heterocycles. The highest BCUT2D eigenvalue weighted by Crippen LogP contribution is 2.26. The monoisotopic (exact) mass is 228 g/mol. The zero-order valence-corrected chi connectivity index (χ0v) is 11.3. The molecule has 0 radical (unpaired) electrons. The van der Waals surface area contributed by atoms with Gasteiger partial charge in [0.1, 0.15) is 5.82 Å². The lowest BCUT2D eigenvalue weighted by Crippen LogP contribution is -2.10. The highest BCUT2D eigenvalue weighted by atomic mass is 15.0. The SMILES string of the molecule is Cc1ncc(-c2ccc(C(C)(C)C)cc2)n1C. The maximum Gasteiger partial charge on any atom is 0.105 e. The van der Waals surface area contributed by atoms with E-state index in [1.165, 1.54) is 16.8 Å². The number of aromatic nitrogens is 2. The second-order valence-electron chi connectivity index (χ2n) is 5.58. The Hall–Kier alpha value is -1.57. The van der Waals surface area contributed by atoms with Gasteiger partial charge < -0.3 is 4.57 Å². The maximum absolute atomic E-state index is 4.33. The molecule has 0 unspecified atom stereocenters. The van der Waals surface area contributed by atoms with Gasteiger partial charge in [-0.2, -0.15) is 0 Å². The molecule has 0 saturated carbocycles. The molecule has 0 spiro atoms. The van der Waals surface area contributed by atoms with E-state index in [1.54, 1.807) is 0 Å². The zero-order valence-electron chi connectivity index (χ0n) is 11.3. The highest BCUT2D eigenvalue weighted by Gasteiger charge is 2.13. The van der Waals surface area contributed by atoms with Gasteiger partial charge in [0.05, 0.1) is 11.9 Å². The average molecular weight is 228 g/mol. The summed E-state index contributed by atoms with van der Waals surface area (Å²) in [6.07, 6.45) is 1.93. The van der Waals surface area contributed by atoms with Crippen LogP contribution in [0.25, 0.3) is 11.3 Å². The number of hydrogen-bond donors (Lipinski definition) is 0. The van der Waals surface area contributed by atoms with E-state index >= 15 is 0 Å². The first-order valence-corrected chi connectivity index (χ1v) is 5.99. The number of imidazole rings is 1. The van der Waals surface area contributed by atoms with Crippen LogP contribution in [0.5, 0.6) is 0 Å². The van der Waals surface area contributed by atoms with E-state index in [-0.39, 0.29) is 5.41 Å². The Bertz CT molecular complexity index is 513. The van der Waals surface area contributed by atoms with Gasteiger partial charge in [0.2, 0.25) is 0 Å². The van der Waals surface area contributed by atoms with E-state index < -0.39 is 0 Å². The van der Waals surface area contributed by atoms with Crippen LogP contribution >= 0.6 is 0 Å². The van der Waals surface area contributed by atoms with E-state index in [0.717, 1.165) is 5.82 Å². The van der Waals surface area contributed by atoms with Crippen LogP contribution in [-0.4, -0.2) is 9.55 Å². The van der Waals surface area contributed by atoms with E-state index in [0.29, 0.717) is 0 Å². The number of aryl methyl sites for hydroxylation is 1. The third-order valence-electron chi connectivity index (χ3n) is 3.27. The van der Waals surface area contributed by atoms with E-state index in [1.807, 2.05) is 13.1 Å². The molecule has 2 nitrogen and oxygen atoms in total. The summed E-state index contributed by atoms with van der Waals surface area (Å²) in [5.74, 6) is 1.04. The van der Waals surface area contributed by atoms with Gasteiger partial charge in [-0.25, -0.2) is 4.98 Å². The lowest BCUT2D eigenvalue weighted by atomic mass is 9.86. The van der Waals surface area contributed by atoms with Crippen molar-refractivity contribution in [2.24, 2.45) is 7.05 Å². The molecule has 0 atom stereocenters. The number of benzene rings is 1. The van der Waals surface area contributed by atoms with Gasteiger partial charge in [0, 0.05) is 7.05 Å². The van der Waals surface area contributed by atoms with Crippen LogP contribution in [0.3, 0.4) is 0 Å². The summed E-state index contributed by atoms with van der Waals surface area (Å²) in [5, 5.41) is 0. The van der Waals surface area contributed by atoms with Crippen LogP contribution in [0.1, 0.15) is 32.2 Å². The molecule has 0 aliphatic rings. The van der Waals surface area contributed by atoms with Crippen molar-refractivity contribution in [1.29, 1.82) is 0 Å². The smallest absolute Gasteiger partial charge is 0.105 e. The third kappa shape index (κ3) is 2.26. The van der Waals surface area contributed by atoms with Crippen LogP contribution in [-0.2, 0) is 12.5 Å². The predicted octanol–water partition coefficient (Wildman–Crippen LogP) is 3.69. The molecule has 0 bridgehead atoms. The molecule has 1 aromatic heterocycles. The molecule has 2 rings (SSSR count). The molecule has 2 heteroatoms. The summed E-state index contributed by atoms with van der Waals surface area (Å²) < 4.78 is 2.12. The van der Waals surface area contributed by atoms with Crippen LogP contribution in [0.15, 0.2) is 30.5 Å². The van der Waals surface area contributed by atoms with Crippen LogP contribution in [0, 0.1) is 6.92 Å². The number of rotatable bonds is 1. The first kappa shape index (κ1) is 11.9. The Morgan fingerprint density at radius 2 is 1.65 bits per heavy atom. The molecule has 0 aliphatic carbocycles. The second kappa shape index (κ2) is 4.02. The first-order chi connectivity index (χ1) is 7.89. The fourth-order valence-electron chi connectivity index (χ4n) is 1.91. The van der Waals surface area contributed by atoms with Crippen LogP contribution in [0.4, 0.5) is 0 Å². The van der Waals surface area contributed by atoms with Crippen LogP contribution < -0.4 is 0 Å². The second-order valence-corrected chi connectivity index (χ2v) is 5.58. The van der Waals surface area contributed by atoms with Gasteiger partial charge in [-0.1, -0.05) is 45.0 Å². The van der Waals surface area contributed by atoms with Gasteiger partial charge in [-0.15, -0.1) is 0 Å². The van der Waals surface area contributed by atoms with Crippen molar-refractivity contribution in [2.75, 3.05) is 0 Å². The molecule has 0 N–H and O–H groups in total. The first-order valence-electron chi connectivity index (χ1n) is 5.99. The van der Waals surface area contributed by atoms with Crippen LogP contribution in [0.2, 0.25) is 0 Å². The zero-order chi connectivity index (χ0) is 12.6.